The van der Waals surface area contributed by atoms with E-state index >= 15 is 0 Å². The third-order valence-corrected chi connectivity index (χ3v) is 8.36. The number of hydrogen-bond donors (Lipinski definition) is 0. The Balaban J connectivity index is 1.51. The van der Waals surface area contributed by atoms with E-state index in [1.165, 1.54) is 23.0 Å². The van der Waals surface area contributed by atoms with Crippen molar-refractivity contribution in [3.63, 3.8) is 0 Å². The van der Waals surface area contributed by atoms with Gasteiger partial charge in [0.2, 0.25) is 0 Å². The van der Waals surface area contributed by atoms with Crippen LogP contribution in [0.25, 0.3) is 22.5 Å². The number of nitro benzene ring substituents is 1. The van der Waals surface area contributed by atoms with E-state index in [-0.39, 0.29) is 16.2 Å². The summed E-state index contributed by atoms with van der Waals surface area (Å²) in [4.78, 5) is 30.9. The minimum absolute atomic E-state index is 0.00995. The number of non-ortho nitro benzene ring substituents is 1. The average molecular weight is 516 g/mol. The van der Waals surface area contributed by atoms with Gasteiger partial charge in [-0.15, -0.1) is 0 Å². The molecule has 1 atom stereocenters. The van der Waals surface area contributed by atoms with Crippen LogP contribution in [-0.4, -0.2) is 9.49 Å². The Hall–Kier alpha value is -4.62. The summed E-state index contributed by atoms with van der Waals surface area (Å²) in [6.45, 7) is 0. The van der Waals surface area contributed by atoms with Crippen LogP contribution in [0.2, 0.25) is 0 Å². The smallest absolute Gasteiger partial charge is 0.271 e. The monoisotopic (exact) mass is 515 g/mol. The van der Waals surface area contributed by atoms with Crippen molar-refractivity contribution < 1.29 is 4.92 Å². The highest BCUT2D eigenvalue weighted by molar-refractivity contribution is 7.07. The SMILES string of the molecule is O=c1/c(=C\c2cccc3ccccc23)sc2n1[C@H](c1cccc([N+](=O)[O-])c1)C1=C(N=2)c2ccccc2CC1. The van der Waals surface area contributed by atoms with Gasteiger partial charge >= 0.3 is 0 Å². The van der Waals surface area contributed by atoms with Crippen molar-refractivity contribution in [2.24, 2.45) is 4.99 Å². The third-order valence-electron chi connectivity index (χ3n) is 7.38. The molecule has 1 aliphatic carbocycles. The molecule has 0 spiro atoms. The van der Waals surface area contributed by atoms with E-state index in [1.54, 1.807) is 16.7 Å². The minimum atomic E-state index is -0.454. The third kappa shape index (κ3) is 3.55. The number of fused-ring (bicyclic) bond motifs is 4. The van der Waals surface area contributed by atoms with E-state index in [0.29, 0.717) is 9.33 Å². The van der Waals surface area contributed by atoms with E-state index in [2.05, 4.69) is 30.3 Å². The molecule has 0 saturated heterocycles. The minimum Gasteiger partial charge on any atom is -0.272 e. The van der Waals surface area contributed by atoms with Crippen molar-refractivity contribution in [1.82, 2.24) is 4.57 Å². The molecule has 0 radical (unpaired) electrons. The molecule has 38 heavy (non-hydrogen) atoms. The van der Waals surface area contributed by atoms with Crippen LogP contribution in [0.3, 0.4) is 0 Å². The Bertz CT molecular complexity index is 2000. The molecule has 2 heterocycles. The second-order valence-corrected chi connectivity index (χ2v) is 10.5. The highest BCUT2D eigenvalue weighted by Crippen LogP contribution is 2.41. The molecule has 0 bridgehead atoms. The highest BCUT2D eigenvalue weighted by atomic mass is 32.1. The van der Waals surface area contributed by atoms with Crippen molar-refractivity contribution in [2.45, 2.75) is 18.9 Å². The molecule has 0 fully saturated rings. The number of nitrogens with zero attached hydrogens (tertiary/aromatic N) is 3. The number of allylic oxidation sites excluding steroid dienone is 1. The Labute approximate surface area is 221 Å². The topological polar surface area (TPSA) is 77.5 Å². The number of thiazole rings is 1. The van der Waals surface area contributed by atoms with Gasteiger partial charge in [-0.3, -0.25) is 19.5 Å². The van der Waals surface area contributed by atoms with Gasteiger partial charge in [-0.2, -0.15) is 0 Å². The van der Waals surface area contributed by atoms with Gasteiger partial charge in [0.05, 0.1) is 21.2 Å². The summed E-state index contributed by atoms with van der Waals surface area (Å²) in [6.07, 6.45) is 3.50. The molecule has 0 unspecified atom stereocenters. The fraction of sp³-hybridized carbons (Fsp3) is 0.0968. The fourth-order valence-corrected chi connectivity index (χ4v) is 6.64. The maximum absolute atomic E-state index is 14.0. The molecule has 5 aromatic rings. The molecule has 184 valence electrons. The summed E-state index contributed by atoms with van der Waals surface area (Å²) in [6, 6.07) is 28.6. The second kappa shape index (κ2) is 8.75. The van der Waals surface area contributed by atoms with E-state index in [1.807, 2.05) is 48.5 Å². The summed E-state index contributed by atoms with van der Waals surface area (Å²) in [7, 11) is 0. The molecule has 0 saturated carbocycles. The molecule has 4 aromatic carbocycles. The van der Waals surface area contributed by atoms with Gasteiger partial charge in [0.25, 0.3) is 11.2 Å². The lowest BCUT2D eigenvalue weighted by atomic mass is 9.83. The zero-order valence-electron chi connectivity index (χ0n) is 20.2. The molecular weight excluding hydrogens is 494 g/mol. The predicted octanol–water partition coefficient (Wildman–Crippen LogP) is 5.38. The Morgan fingerprint density at radius 1 is 0.947 bits per heavy atom. The molecule has 7 rings (SSSR count). The summed E-state index contributed by atoms with van der Waals surface area (Å²) in [5.41, 5.74) is 5.75. The number of aromatic nitrogens is 1. The number of nitro groups is 1. The lowest BCUT2D eigenvalue weighted by Crippen LogP contribution is -2.38. The van der Waals surface area contributed by atoms with Gasteiger partial charge in [-0.05, 0) is 52.0 Å². The Morgan fingerprint density at radius 3 is 2.63 bits per heavy atom. The Morgan fingerprint density at radius 2 is 1.74 bits per heavy atom. The lowest BCUT2D eigenvalue weighted by Gasteiger charge is -2.30. The standard InChI is InChI=1S/C31H21N3O3S/c35-30-27(18-21-10-5-9-19-7-1-3-13-24(19)21)38-31-32-28-25-14-4-2-8-20(25)15-16-26(28)29(33(30)31)22-11-6-12-23(17-22)34(36)37/h1-14,17-18,29H,15-16H2/b27-18+/t29-/m1/s1. The van der Waals surface area contributed by atoms with Crippen LogP contribution in [0, 0.1) is 10.1 Å². The van der Waals surface area contributed by atoms with Gasteiger partial charge < -0.3 is 0 Å². The molecular formula is C31H21N3O3S. The summed E-state index contributed by atoms with van der Waals surface area (Å²) in [5, 5.41) is 13.8. The number of rotatable bonds is 3. The van der Waals surface area contributed by atoms with Crippen LogP contribution in [0.4, 0.5) is 5.69 Å². The van der Waals surface area contributed by atoms with Crippen molar-refractivity contribution in [1.29, 1.82) is 0 Å². The van der Waals surface area contributed by atoms with Crippen LogP contribution in [0.1, 0.15) is 34.7 Å². The first kappa shape index (κ1) is 22.6. The van der Waals surface area contributed by atoms with Gasteiger partial charge in [-0.1, -0.05) is 90.2 Å². The molecule has 0 amide bonds. The predicted molar refractivity (Wildman–Crippen MR) is 150 cm³/mol. The van der Waals surface area contributed by atoms with Crippen LogP contribution in [-0.2, 0) is 6.42 Å². The molecule has 2 aliphatic rings. The first-order valence-electron chi connectivity index (χ1n) is 12.4. The summed E-state index contributed by atoms with van der Waals surface area (Å²) in [5.74, 6) is 0. The van der Waals surface area contributed by atoms with Crippen molar-refractivity contribution in [2.75, 3.05) is 0 Å². The molecule has 6 nitrogen and oxygen atoms in total. The largest absolute Gasteiger partial charge is 0.272 e. The molecule has 0 N–H and O–H groups in total. The summed E-state index contributed by atoms with van der Waals surface area (Å²) >= 11 is 1.36. The van der Waals surface area contributed by atoms with Crippen LogP contribution >= 0.6 is 11.3 Å². The normalized spacial score (nSPS) is 16.5. The molecule has 1 aromatic heterocycles. The quantitative estimate of drug-likeness (QED) is 0.239. The van der Waals surface area contributed by atoms with Crippen molar-refractivity contribution in [3.8, 4) is 0 Å². The van der Waals surface area contributed by atoms with E-state index in [9.17, 15) is 14.9 Å². The lowest BCUT2D eigenvalue weighted by molar-refractivity contribution is -0.384. The molecule has 7 heteroatoms. The van der Waals surface area contributed by atoms with E-state index in [4.69, 9.17) is 4.99 Å². The van der Waals surface area contributed by atoms with Crippen molar-refractivity contribution in [3.05, 3.63) is 149 Å². The zero-order chi connectivity index (χ0) is 25.8. The van der Waals surface area contributed by atoms with E-state index in [0.717, 1.165) is 51.6 Å². The highest BCUT2D eigenvalue weighted by Gasteiger charge is 2.33. The van der Waals surface area contributed by atoms with Crippen LogP contribution in [0.5, 0.6) is 0 Å². The number of hydrogen-bond acceptors (Lipinski definition) is 5. The molecule has 1 aliphatic heterocycles. The first-order valence-corrected chi connectivity index (χ1v) is 13.3. The first-order chi connectivity index (χ1) is 18.6. The second-order valence-electron chi connectivity index (χ2n) is 9.53. The summed E-state index contributed by atoms with van der Waals surface area (Å²) < 4.78 is 2.32. The maximum atomic E-state index is 14.0. The van der Waals surface area contributed by atoms with Crippen molar-refractivity contribution >= 4 is 39.6 Å². The van der Waals surface area contributed by atoms with Gasteiger partial charge in [0.1, 0.15) is 0 Å². The van der Waals surface area contributed by atoms with Gasteiger partial charge in [-0.25, -0.2) is 4.99 Å². The zero-order valence-corrected chi connectivity index (χ0v) is 21.0. The fourth-order valence-electron chi connectivity index (χ4n) is 5.65. The number of benzene rings is 4. The van der Waals surface area contributed by atoms with E-state index < -0.39 is 6.04 Å². The van der Waals surface area contributed by atoms with Crippen LogP contribution < -0.4 is 14.9 Å². The Kier molecular flexibility index (Phi) is 5.19. The van der Waals surface area contributed by atoms with Gasteiger partial charge in [0, 0.05) is 17.7 Å². The van der Waals surface area contributed by atoms with Gasteiger partial charge in [0.15, 0.2) is 4.80 Å². The maximum Gasteiger partial charge on any atom is 0.271 e. The average Bonchev–Trinajstić information content (AvgIpc) is 3.26. The number of aryl methyl sites for hydroxylation is 1. The van der Waals surface area contributed by atoms with Crippen LogP contribution in [0.15, 0.2) is 106 Å².